The summed E-state index contributed by atoms with van der Waals surface area (Å²) in [5.41, 5.74) is 6.90. The Kier molecular flexibility index (Phi) is 5.87. The topological polar surface area (TPSA) is 72.2 Å². The molecule has 2 amide bonds. The predicted octanol–water partition coefficient (Wildman–Crippen LogP) is 2.34. The van der Waals surface area contributed by atoms with Crippen molar-refractivity contribution < 1.29 is 14.0 Å². The first-order chi connectivity index (χ1) is 11.0. The average Bonchev–Trinajstić information content (AvgIpc) is 2.51. The van der Waals surface area contributed by atoms with E-state index in [-0.39, 0.29) is 12.3 Å². The number of nitrogens with two attached hydrogens (primary N) is 1. The lowest BCUT2D eigenvalue weighted by molar-refractivity contribution is -0.127. The minimum Gasteiger partial charge on any atom is -0.368 e. The van der Waals surface area contributed by atoms with Gasteiger partial charge in [0.2, 0.25) is 11.8 Å². The van der Waals surface area contributed by atoms with Crippen LogP contribution in [0.15, 0.2) is 53.0 Å². The summed E-state index contributed by atoms with van der Waals surface area (Å²) in [6.07, 6.45) is 0.368. The second kappa shape index (κ2) is 7.87. The van der Waals surface area contributed by atoms with Crippen LogP contribution in [-0.4, -0.2) is 17.9 Å². The maximum atomic E-state index is 13.2. The molecule has 0 spiro atoms. The summed E-state index contributed by atoms with van der Waals surface area (Å²) in [6, 6.07) is 12.8. The average molecular weight is 379 g/mol. The fourth-order valence-electron chi connectivity index (χ4n) is 2.15. The zero-order valence-electron chi connectivity index (χ0n) is 12.3. The Balaban J connectivity index is 2.00. The largest absolute Gasteiger partial charge is 0.368 e. The number of rotatable bonds is 6. The van der Waals surface area contributed by atoms with Gasteiger partial charge in [0.15, 0.2) is 0 Å². The fraction of sp³-hybridized carbons (Fsp3) is 0.176. The summed E-state index contributed by atoms with van der Waals surface area (Å²) in [7, 11) is 0. The molecular weight excluding hydrogens is 363 g/mol. The van der Waals surface area contributed by atoms with Gasteiger partial charge in [-0.3, -0.25) is 9.59 Å². The SMILES string of the molecule is NC(=O)C(Cc1ccccc1)NC(=O)Cc1ccc(F)c(Br)c1. The lowest BCUT2D eigenvalue weighted by Gasteiger charge is -2.15. The van der Waals surface area contributed by atoms with Crippen molar-refractivity contribution in [1.29, 1.82) is 0 Å². The lowest BCUT2D eigenvalue weighted by Crippen LogP contribution is -2.46. The summed E-state index contributed by atoms with van der Waals surface area (Å²) < 4.78 is 13.5. The van der Waals surface area contributed by atoms with Crippen LogP contribution in [0.1, 0.15) is 11.1 Å². The monoisotopic (exact) mass is 378 g/mol. The van der Waals surface area contributed by atoms with Crippen LogP contribution in [0.4, 0.5) is 4.39 Å². The van der Waals surface area contributed by atoms with Gasteiger partial charge in [0.05, 0.1) is 10.9 Å². The van der Waals surface area contributed by atoms with Gasteiger partial charge < -0.3 is 11.1 Å². The number of halogens is 2. The van der Waals surface area contributed by atoms with E-state index in [0.717, 1.165) is 5.56 Å². The van der Waals surface area contributed by atoms with Crippen molar-refractivity contribution in [2.75, 3.05) is 0 Å². The van der Waals surface area contributed by atoms with E-state index in [2.05, 4.69) is 21.2 Å². The first kappa shape index (κ1) is 17.1. The Labute approximate surface area is 142 Å². The van der Waals surface area contributed by atoms with Crippen LogP contribution in [0, 0.1) is 5.82 Å². The smallest absolute Gasteiger partial charge is 0.240 e. The van der Waals surface area contributed by atoms with Crippen molar-refractivity contribution in [3.63, 3.8) is 0 Å². The third-order valence-electron chi connectivity index (χ3n) is 3.31. The van der Waals surface area contributed by atoms with Crippen molar-refractivity contribution in [3.05, 3.63) is 69.9 Å². The van der Waals surface area contributed by atoms with Crippen LogP contribution in [0.3, 0.4) is 0 Å². The van der Waals surface area contributed by atoms with Gasteiger partial charge in [0.25, 0.3) is 0 Å². The van der Waals surface area contributed by atoms with Crippen LogP contribution in [0.5, 0.6) is 0 Å². The highest BCUT2D eigenvalue weighted by Gasteiger charge is 2.18. The van der Waals surface area contributed by atoms with Gasteiger partial charge >= 0.3 is 0 Å². The molecule has 3 N–H and O–H groups in total. The van der Waals surface area contributed by atoms with Crippen LogP contribution >= 0.6 is 15.9 Å². The number of amides is 2. The zero-order chi connectivity index (χ0) is 16.8. The molecule has 0 aliphatic carbocycles. The van der Waals surface area contributed by atoms with E-state index in [4.69, 9.17) is 5.73 Å². The molecule has 0 saturated carbocycles. The number of hydrogen-bond acceptors (Lipinski definition) is 2. The first-order valence-corrected chi connectivity index (χ1v) is 7.81. The van der Waals surface area contributed by atoms with Gasteiger partial charge in [0.1, 0.15) is 11.9 Å². The third kappa shape index (κ3) is 5.17. The molecule has 2 aromatic rings. The van der Waals surface area contributed by atoms with Crippen molar-refractivity contribution in [2.45, 2.75) is 18.9 Å². The highest BCUT2D eigenvalue weighted by molar-refractivity contribution is 9.10. The van der Waals surface area contributed by atoms with E-state index in [1.165, 1.54) is 18.2 Å². The van der Waals surface area contributed by atoms with Gasteiger partial charge in [-0.2, -0.15) is 0 Å². The van der Waals surface area contributed by atoms with Crippen molar-refractivity contribution >= 4 is 27.7 Å². The molecule has 6 heteroatoms. The van der Waals surface area contributed by atoms with Gasteiger partial charge in [-0.1, -0.05) is 36.4 Å². The summed E-state index contributed by atoms with van der Waals surface area (Å²) >= 11 is 3.07. The molecule has 23 heavy (non-hydrogen) atoms. The molecule has 2 aromatic carbocycles. The molecule has 2 rings (SSSR count). The van der Waals surface area contributed by atoms with E-state index < -0.39 is 17.8 Å². The third-order valence-corrected chi connectivity index (χ3v) is 3.92. The molecule has 4 nitrogen and oxygen atoms in total. The van der Waals surface area contributed by atoms with Crippen molar-refractivity contribution in [2.24, 2.45) is 5.73 Å². The number of carbonyl (C=O) groups is 2. The number of carbonyl (C=O) groups excluding carboxylic acids is 2. The fourth-order valence-corrected chi connectivity index (χ4v) is 2.58. The van der Waals surface area contributed by atoms with Gasteiger partial charge in [-0.15, -0.1) is 0 Å². The molecule has 0 fully saturated rings. The molecule has 0 aliphatic rings. The molecule has 0 heterocycles. The van der Waals surface area contributed by atoms with E-state index >= 15 is 0 Å². The summed E-state index contributed by atoms with van der Waals surface area (Å²) in [5, 5.41) is 2.62. The minimum absolute atomic E-state index is 0.0391. The molecule has 0 aromatic heterocycles. The van der Waals surface area contributed by atoms with Crippen molar-refractivity contribution in [1.82, 2.24) is 5.32 Å². The summed E-state index contributed by atoms with van der Waals surface area (Å²) in [4.78, 5) is 23.6. The second-order valence-corrected chi connectivity index (χ2v) is 5.99. The molecule has 1 unspecified atom stereocenters. The molecule has 0 aliphatic heterocycles. The first-order valence-electron chi connectivity index (χ1n) is 7.02. The Morgan fingerprint density at radius 3 is 2.43 bits per heavy atom. The quantitative estimate of drug-likeness (QED) is 0.809. The van der Waals surface area contributed by atoms with Crippen LogP contribution < -0.4 is 11.1 Å². The lowest BCUT2D eigenvalue weighted by atomic mass is 10.0. The van der Waals surface area contributed by atoms with E-state index in [9.17, 15) is 14.0 Å². The highest BCUT2D eigenvalue weighted by Crippen LogP contribution is 2.17. The van der Waals surface area contributed by atoms with Crippen LogP contribution in [0.25, 0.3) is 0 Å². The normalized spacial score (nSPS) is 11.7. The van der Waals surface area contributed by atoms with E-state index in [0.29, 0.717) is 16.5 Å². The number of hydrogen-bond donors (Lipinski definition) is 2. The maximum absolute atomic E-state index is 13.2. The second-order valence-electron chi connectivity index (χ2n) is 5.14. The molecule has 0 bridgehead atoms. The van der Waals surface area contributed by atoms with E-state index in [1.807, 2.05) is 30.3 Å². The standard InChI is InChI=1S/C17H16BrFN2O2/c18-13-8-12(6-7-14(13)19)10-16(22)21-15(17(20)23)9-11-4-2-1-3-5-11/h1-8,15H,9-10H2,(H2,20,23)(H,21,22). The van der Waals surface area contributed by atoms with Crippen LogP contribution in [0.2, 0.25) is 0 Å². The maximum Gasteiger partial charge on any atom is 0.240 e. The number of nitrogens with one attached hydrogen (secondary N) is 1. The molecule has 0 radical (unpaired) electrons. The van der Waals surface area contributed by atoms with E-state index in [1.54, 1.807) is 0 Å². The molecular formula is C17H16BrFN2O2. The van der Waals surface area contributed by atoms with Gasteiger partial charge in [-0.05, 0) is 39.2 Å². The molecule has 0 saturated heterocycles. The predicted molar refractivity (Wildman–Crippen MR) is 89.1 cm³/mol. The van der Waals surface area contributed by atoms with Crippen LogP contribution in [-0.2, 0) is 22.4 Å². The highest BCUT2D eigenvalue weighted by atomic mass is 79.9. The molecule has 1 atom stereocenters. The number of benzene rings is 2. The Morgan fingerprint density at radius 2 is 1.83 bits per heavy atom. The minimum atomic E-state index is -0.784. The van der Waals surface area contributed by atoms with Gasteiger partial charge in [0, 0.05) is 6.42 Å². The van der Waals surface area contributed by atoms with Gasteiger partial charge in [-0.25, -0.2) is 4.39 Å². The zero-order valence-corrected chi connectivity index (χ0v) is 13.8. The Morgan fingerprint density at radius 1 is 1.13 bits per heavy atom. The Bertz CT molecular complexity index is 707. The molecule has 120 valence electrons. The Hall–Kier alpha value is -2.21. The number of primary amides is 1. The van der Waals surface area contributed by atoms with Crippen molar-refractivity contribution in [3.8, 4) is 0 Å². The summed E-state index contributed by atoms with van der Waals surface area (Å²) in [6.45, 7) is 0. The summed E-state index contributed by atoms with van der Waals surface area (Å²) in [5.74, 6) is -1.33.